The number of allylic oxidation sites excluding steroid dienone is 6. The average molecular weight is 203 g/mol. The predicted octanol–water partition coefficient (Wildman–Crippen LogP) is 3.02. The molecule has 1 aliphatic heterocycles. The summed E-state index contributed by atoms with van der Waals surface area (Å²) in [4.78, 5) is 2.47. The first-order valence-electron chi connectivity index (χ1n) is 6.05. The third-order valence-corrected chi connectivity index (χ3v) is 3.53. The van der Waals surface area contributed by atoms with Crippen molar-refractivity contribution in [2.45, 2.75) is 19.3 Å². The predicted molar refractivity (Wildman–Crippen MR) is 65.7 cm³/mol. The van der Waals surface area contributed by atoms with Gasteiger partial charge < -0.3 is 4.90 Å². The van der Waals surface area contributed by atoms with Gasteiger partial charge in [0, 0.05) is 6.54 Å². The van der Waals surface area contributed by atoms with Gasteiger partial charge in [0.25, 0.3) is 0 Å². The minimum Gasteiger partial charge on any atom is -0.306 e. The standard InChI is InChI=1S/C14H21N/c1-15-11-10-13-8-6-4-2-3-5-7-9-14(13)12-15/h2-6,8,13-14H,7,9-12H2,1H3/b4-2-,5-3+,8-6+/t13-,14-/m0/s1. The Morgan fingerprint density at radius 1 is 1.07 bits per heavy atom. The summed E-state index contributed by atoms with van der Waals surface area (Å²) >= 11 is 0. The molecular formula is C14H21N. The average Bonchev–Trinajstić information content (AvgIpc) is 2.25. The molecule has 0 saturated carbocycles. The van der Waals surface area contributed by atoms with Crippen LogP contribution >= 0.6 is 0 Å². The van der Waals surface area contributed by atoms with Gasteiger partial charge in [-0.2, -0.15) is 0 Å². The summed E-state index contributed by atoms with van der Waals surface area (Å²) in [7, 11) is 2.24. The molecule has 15 heavy (non-hydrogen) atoms. The van der Waals surface area contributed by atoms with Gasteiger partial charge in [-0.25, -0.2) is 0 Å². The topological polar surface area (TPSA) is 3.24 Å². The van der Waals surface area contributed by atoms with E-state index in [1.54, 1.807) is 0 Å². The van der Waals surface area contributed by atoms with Crippen LogP contribution in [0.1, 0.15) is 19.3 Å². The highest BCUT2D eigenvalue weighted by Gasteiger charge is 2.24. The molecule has 2 rings (SSSR count). The number of rotatable bonds is 0. The molecule has 1 fully saturated rings. The van der Waals surface area contributed by atoms with Crippen molar-refractivity contribution in [1.29, 1.82) is 0 Å². The van der Waals surface area contributed by atoms with E-state index in [1.807, 2.05) is 0 Å². The lowest BCUT2D eigenvalue weighted by molar-refractivity contribution is 0.162. The second kappa shape index (κ2) is 5.32. The van der Waals surface area contributed by atoms with Crippen LogP contribution in [0.2, 0.25) is 0 Å². The molecule has 0 radical (unpaired) electrons. The minimum absolute atomic E-state index is 0.803. The highest BCUT2D eigenvalue weighted by molar-refractivity contribution is 5.13. The molecule has 0 N–H and O–H groups in total. The van der Waals surface area contributed by atoms with E-state index in [0.717, 1.165) is 11.8 Å². The first-order chi connectivity index (χ1) is 7.36. The summed E-state index contributed by atoms with van der Waals surface area (Å²) in [5.41, 5.74) is 0. The quantitative estimate of drug-likeness (QED) is 0.585. The van der Waals surface area contributed by atoms with E-state index in [4.69, 9.17) is 0 Å². The molecule has 1 heterocycles. The SMILES string of the molecule is CN1CC[C@@H]2/C=C/C=C\C=C\CC[C@H]2C1. The number of hydrogen-bond donors (Lipinski definition) is 0. The first kappa shape index (κ1) is 10.7. The summed E-state index contributed by atoms with van der Waals surface area (Å²) in [6.07, 6.45) is 17.3. The number of piperidine rings is 1. The van der Waals surface area contributed by atoms with Crippen molar-refractivity contribution in [2.24, 2.45) is 11.8 Å². The van der Waals surface area contributed by atoms with Gasteiger partial charge in [-0.15, -0.1) is 0 Å². The Morgan fingerprint density at radius 2 is 1.93 bits per heavy atom. The third-order valence-electron chi connectivity index (χ3n) is 3.53. The Labute approximate surface area is 93.2 Å². The van der Waals surface area contributed by atoms with Crippen molar-refractivity contribution >= 4 is 0 Å². The molecule has 0 amide bonds. The molecular weight excluding hydrogens is 182 g/mol. The van der Waals surface area contributed by atoms with Crippen LogP contribution in [0.3, 0.4) is 0 Å². The smallest absolute Gasteiger partial charge is 0.00124 e. The largest absolute Gasteiger partial charge is 0.306 e. The summed E-state index contributed by atoms with van der Waals surface area (Å²) in [5, 5.41) is 0. The monoisotopic (exact) mass is 203 g/mol. The zero-order chi connectivity index (χ0) is 10.5. The summed E-state index contributed by atoms with van der Waals surface area (Å²) < 4.78 is 0. The Morgan fingerprint density at radius 3 is 2.87 bits per heavy atom. The van der Waals surface area contributed by atoms with E-state index >= 15 is 0 Å². The fourth-order valence-corrected chi connectivity index (χ4v) is 2.61. The normalized spacial score (nSPS) is 39.0. The Hall–Kier alpha value is -0.820. The molecule has 1 aliphatic carbocycles. The highest BCUT2D eigenvalue weighted by atomic mass is 15.1. The maximum absolute atomic E-state index is 2.47. The second-order valence-electron chi connectivity index (χ2n) is 4.75. The summed E-state index contributed by atoms with van der Waals surface area (Å²) in [6, 6.07) is 0. The van der Waals surface area contributed by atoms with Crippen molar-refractivity contribution < 1.29 is 0 Å². The molecule has 2 atom stereocenters. The van der Waals surface area contributed by atoms with E-state index in [1.165, 1.54) is 32.4 Å². The van der Waals surface area contributed by atoms with Crippen LogP contribution in [0.15, 0.2) is 36.5 Å². The molecule has 1 heteroatoms. The van der Waals surface area contributed by atoms with Crippen molar-refractivity contribution in [1.82, 2.24) is 4.90 Å². The molecule has 0 aromatic carbocycles. The fourth-order valence-electron chi connectivity index (χ4n) is 2.61. The van der Waals surface area contributed by atoms with Crippen molar-refractivity contribution in [3.8, 4) is 0 Å². The van der Waals surface area contributed by atoms with Crippen LogP contribution < -0.4 is 0 Å². The van der Waals surface area contributed by atoms with Crippen molar-refractivity contribution in [3.05, 3.63) is 36.5 Å². The molecule has 0 bridgehead atoms. The summed E-state index contributed by atoms with van der Waals surface area (Å²) in [5.74, 6) is 1.66. The molecule has 2 aliphatic rings. The van der Waals surface area contributed by atoms with Gasteiger partial charge >= 0.3 is 0 Å². The van der Waals surface area contributed by atoms with Gasteiger partial charge in [0.2, 0.25) is 0 Å². The van der Waals surface area contributed by atoms with Gasteiger partial charge in [0.05, 0.1) is 0 Å². The molecule has 1 nitrogen and oxygen atoms in total. The summed E-state index contributed by atoms with van der Waals surface area (Å²) in [6.45, 7) is 2.53. The van der Waals surface area contributed by atoms with Crippen LogP contribution in [0, 0.1) is 11.8 Å². The molecule has 0 aromatic rings. The molecule has 1 saturated heterocycles. The second-order valence-corrected chi connectivity index (χ2v) is 4.75. The van der Waals surface area contributed by atoms with Crippen LogP contribution in [-0.2, 0) is 0 Å². The Bertz CT molecular complexity index is 275. The Kier molecular flexibility index (Phi) is 3.79. The number of nitrogens with zero attached hydrogens (tertiary/aromatic N) is 1. The van der Waals surface area contributed by atoms with Crippen molar-refractivity contribution in [3.63, 3.8) is 0 Å². The lowest BCUT2D eigenvalue weighted by atomic mass is 9.82. The first-order valence-corrected chi connectivity index (χ1v) is 6.05. The number of hydrogen-bond acceptors (Lipinski definition) is 1. The molecule has 82 valence electrons. The van der Waals surface area contributed by atoms with E-state index in [0.29, 0.717) is 0 Å². The third kappa shape index (κ3) is 3.07. The maximum Gasteiger partial charge on any atom is 0.00124 e. The minimum atomic E-state index is 0.803. The number of fused-ring (bicyclic) bond motifs is 1. The van der Waals surface area contributed by atoms with Crippen LogP contribution in [0.4, 0.5) is 0 Å². The lowest BCUT2D eigenvalue weighted by Crippen LogP contribution is -2.37. The van der Waals surface area contributed by atoms with E-state index < -0.39 is 0 Å². The molecule has 0 unspecified atom stereocenters. The van der Waals surface area contributed by atoms with Crippen LogP contribution in [0.5, 0.6) is 0 Å². The van der Waals surface area contributed by atoms with E-state index in [-0.39, 0.29) is 0 Å². The van der Waals surface area contributed by atoms with Gasteiger partial charge in [0.15, 0.2) is 0 Å². The van der Waals surface area contributed by atoms with E-state index in [2.05, 4.69) is 48.4 Å². The zero-order valence-electron chi connectivity index (χ0n) is 9.60. The van der Waals surface area contributed by atoms with Gasteiger partial charge in [0.1, 0.15) is 0 Å². The zero-order valence-corrected chi connectivity index (χ0v) is 9.60. The van der Waals surface area contributed by atoms with E-state index in [9.17, 15) is 0 Å². The van der Waals surface area contributed by atoms with Crippen LogP contribution in [-0.4, -0.2) is 25.0 Å². The van der Waals surface area contributed by atoms with Crippen molar-refractivity contribution in [2.75, 3.05) is 20.1 Å². The van der Waals surface area contributed by atoms with Gasteiger partial charge in [-0.3, -0.25) is 0 Å². The Balaban J connectivity index is 2.06. The maximum atomic E-state index is 2.47. The number of likely N-dealkylation sites (tertiary alicyclic amines) is 1. The highest BCUT2D eigenvalue weighted by Crippen LogP contribution is 2.28. The lowest BCUT2D eigenvalue weighted by Gasteiger charge is -2.35. The van der Waals surface area contributed by atoms with Crippen LogP contribution in [0.25, 0.3) is 0 Å². The molecule has 0 spiro atoms. The molecule has 0 aromatic heterocycles. The van der Waals surface area contributed by atoms with Gasteiger partial charge in [-0.1, -0.05) is 36.5 Å². The van der Waals surface area contributed by atoms with Gasteiger partial charge in [-0.05, 0) is 44.7 Å². The fraction of sp³-hybridized carbons (Fsp3) is 0.571.